The zero-order valence-corrected chi connectivity index (χ0v) is 15.6. The van der Waals surface area contributed by atoms with Gasteiger partial charge < -0.3 is 0 Å². The largest absolute Gasteiger partial charge is 0.294 e. The fourth-order valence-electron chi connectivity index (χ4n) is 3.42. The summed E-state index contributed by atoms with van der Waals surface area (Å²) in [5.74, 6) is -0.206. The van der Waals surface area contributed by atoms with Gasteiger partial charge in [-0.1, -0.05) is 42.5 Å². The van der Waals surface area contributed by atoms with Crippen molar-refractivity contribution in [2.45, 2.75) is 19.5 Å². The van der Waals surface area contributed by atoms with E-state index in [4.69, 9.17) is 0 Å². The van der Waals surface area contributed by atoms with Crippen LogP contribution in [-0.2, 0) is 19.5 Å². The van der Waals surface area contributed by atoms with Crippen LogP contribution in [0.25, 0.3) is 10.9 Å². The molecular formula is C24H22FN3. The number of aromatic nitrogens is 2. The van der Waals surface area contributed by atoms with E-state index in [0.717, 1.165) is 48.2 Å². The summed E-state index contributed by atoms with van der Waals surface area (Å²) < 4.78 is 13.3. The second-order valence-corrected chi connectivity index (χ2v) is 6.90. The summed E-state index contributed by atoms with van der Waals surface area (Å²) in [5.41, 5.74) is 4.39. The highest BCUT2D eigenvalue weighted by atomic mass is 19.1. The molecule has 0 aliphatic rings. The molecule has 2 heterocycles. The van der Waals surface area contributed by atoms with Crippen LogP contribution in [0.3, 0.4) is 0 Å². The standard InChI is InChI=1S/C24H22FN3/c25-22-11-9-19(10-12-22)17-28(16-13-23-8-1-2-14-26-23)18-21-6-3-5-20-7-4-15-27-24(20)21/h1-12,14-15H,13,16-18H2. The van der Waals surface area contributed by atoms with Crippen molar-refractivity contribution >= 4 is 10.9 Å². The van der Waals surface area contributed by atoms with Gasteiger partial charge in [0.15, 0.2) is 0 Å². The molecule has 0 atom stereocenters. The summed E-state index contributed by atoms with van der Waals surface area (Å²) >= 11 is 0. The summed E-state index contributed by atoms with van der Waals surface area (Å²) in [7, 11) is 0. The Labute approximate surface area is 164 Å². The molecule has 0 amide bonds. The fraction of sp³-hybridized carbons (Fsp3) is 0.167. The van der Waals surface area contributed by atoms with Gasteiger partial charge in [-0.3, -0.25) is 14.9 Å². The van der Waals surface area contributed by atoms with Crippen LogP contribution in [0.15, 0.2) is 85.2 Å². The van der Waals surface area contributed by atoms with Gasteiger partial charge in [0, 0.05) is 49.5 Å². The average Bonchev–Trinajstić information content (AvgIpc) is 2.74. The van der Waals surface area contributed by atoms with Crippen LogP contribution in [0.5, 0.6) is 0 Å². The number of hydrogen-bond donors (Lipinski definition) is 0. The zero-order chi connectivity index (χ0) is 19.2. The van der Waals surface area contributed by atoms with Gasteiger partial charge in [0.05, 0.1) is 5.52 Å². The SMILES string of the molecule is Fc1ccc(CN(CCc2ccccn2)Cc2cccc3cccnc23)cc1. The molecule has 4 aromatic rings. The number of benzene rings is 2. The molecule has 0 fully saturated rings. The molecule has 0 aliphatic heterocycles. The quantitative estimate of drug-likeness (QED) is 0.457. The van der Waals surface area contributed by atoms with E-state index in [1.165, 1.54) is 17.7 Å². The maximum atomic E-state index is 13.3. The molecule has 140 valence electrons. The van der Waals surface area contributed by atoms with E-state index in [9.17, 15) is 4.39 Å². The molecule has 4 heteroatoms. The molecule has 0 bridgehead atoms. The van der Waals surface area contributed by atoms with Crippen LogP contribution >= 0.6 is 0 Å². The van der Waals surface area contributed by atoms with Gasteiger partial charge in [0.25, 0.3) is 0 Å². The van der Waals surface area contributed by atoms with Crippen molar-refractivity contribution < 1.29 is 4.39 Å². The highest BCUT2D eigenvalue weighted by Gasteiger charge is 2.11. The average molecular weight is 371 g/mol. The molecule has 0 aliphatic carbocycles. The van der Waals surface area contributed by atoms with Crippen molar-refractivity contribution in [3.8, 4) is 0 Å². The van der Waals surface area contributed by atoms with E-state index < -0.39 is 0 Å². The Balaban J connectivity index is 1.56. The normalized spacial score (nSPS) is 11.2. The predicted octanol–water partition coefficient (Wildman–Crippen LogP) is 5.01. The molecule has 0 radical (unpaired) electrons. The molecule has 0 spiro atoms. The minimum Gasteiger partial charge on any atom is -0.294 e. The highest BCUT2D eigenvalue weighted by Crippen LogP contribution is 2.19. The first-order chi connectivity index (χ1) is 13.8. The number of halogens is 1. The van der Waals surface area contributed by atoms with Gasteiger partial charge in [-0.2, -0.15) is 0 Å². The minimum absolute atomic E-state index is 0.206. The molecule has 3 nitrogen and oxygen atoms in total. The highest BCUT2D eigenvalue weighted by molar-refractivity contribution is 5.81. The van der Waals surface area contributed by atoms with E-state index in [2.05, 4.69) is 45.2 Å². The van der Waals surface area contributed by atoms with Crippen LogP contribution in [0.1, 0.15) is 16.8 Å². The molecule has 0 saturated carbocycles. The Kier molecular flexibility index (Phi) is 5.69. The van der Waals surface area contributed by atoms with Gasteiger partial charge in [-0.25, -0.2) is 4.39 Å². The first-order valence-electron chi connectivity index (χ1n) is 9.47. The number of rotatable bonds is 7. The lowest BCUT2D eigenvalue weighted by Crippen LogP contribution is -2.25. The van der Waals surface area contributed by atoms with E-state index in [-0.39, 0.29) is 5.82 Å². The van der Waals surface area contributed by atoms with E-state index in [1.807, 2.05) is 42.7 Å². The van der Waals surface area contributed by atoms with Crippen molar-refractivity contribution in [3.63, 3.8) is 0 Å². The lowest BCUT2D eigenvalue weighted by atomic mass is 10.1. The van der Waals surface area contributed by atoms with Gasteiger partial charge in [0.1, 0.15) is 5.82 Å². The summed E-state index contributed by atoms with van der Waals surface area (Å²) in [6, 6.07) is 23.1. The second-order valence-electron chi connectivity index (χ2n) is 6.90. The summed E-state index contributed by atoms with van der Waals surface area (Å²) in [4.78, 5) is 11.4. The van der Waals surface area contributed by atoms with Crippen LogP contribution in [-0.4, -0.2) is 21.4 Å². The Bertz CT molecular complexity index is 1030. The molecule has 0 unspecified atom stereocenters. The lowest BCUT2D eigenvalue weighted by Gasteiger charge is -2.23. The summed E-state index contributed by atoms with van der Waals surface area (Å²) in [6.07, 6.45) is 4.53. The second kappa shape index (κ2) is 8.72. The minimum atomic E-state index is -0.206. The molecule has 0 saturated heterocycles. The maximum absolute atomic E-state index is 13.3. The zero-order valence-electron chi connectivity index (χ0n) is 15.6. The van der Waals surface area contributed by atoms with Gasteiger partial charge in [-0.15, -0.1) is 0 Å². The number of nitrogens with zero attached hydrogens (tertiary/aromatic N) is 3. The third-order valence-corrected chi connectivity index (χ3v) is 4.84. The van der Waals surface area contributed by atoms with E-state index in [0.29, 0.717) is 0 Å². The smallest absolute Gasteiger partial charge is 0.123 e. The molecule has 0 N–H and O–H groups in total. The molecule has 28 heavy (non-hydrogen) atoms. The molecular weight excluding hydrogens is 349 g/mol. The van der Waals surface area contributed by atoms with E-state index in [1.54, 1.807) is 0 Å². The first-order valence-corrected chi connectivity index (χ1v) is 9.47. The van der Waals surface area contributed by atoms with Gasteiger partial charge >= 0.3 is 0 Å². The first kappa shape index (κ1) is 18.3. The number of pyridine rings is 2. The third-order valence-electron chi connectivity index (χ3n) is 4.84. The lowest BCUT2D eigenvalue weighted by molar-refractivity contribution is 0.260. The van der Waals surface area contributed by atoms with Crippen LogP contribution in [0.4, 0.5) is 4.39 Å². The Morgan fingerprint density at radius 3 is 2.39 bits per heavy atom. The van der Waals surface area contributed by atoms with Crippen molar-refractivity contribution in [1.82, 2.24) is 14.9 Å². The Morgan fingerprint density at radius 2 is 1.57 bits per heavy atom. The van der Waals surface area contributed by atoms with Crippen LogP contribution < -0.4 is 0 Å². The van der Waals surface area contributed by atoms with Gasteiger partial charge in [0.2, 0.25) is 0 Å². The van der Waals surface area contributed by atoms with Crippen molar-refractivity contribution in [2.75, 3.05) is 6.54 Å². The monoisotopic (exact) mass is 371 g/mol. The molecule has 4 rings (SSSR count). The topological polar surface area (TPSA) is 29.0 Å². The molecule has 2 aromatic carbocycles. The van der Waals surface area contributed by atoms with Gasteiger partial charge in [-0.05, 0) is 41.5 Å². The summed E-state index contributed by atoms with van der Waals surface area (Å²) in [5, 5.41) is 1.14. The summed E-state index contributed by atoms with van der Waals surface area (Å²) in [6.45, 7) is 2.38. The predicted molar refractivity (Wildman–Crippen MR) is 110 cm³/mol. The fourth-order valence-corrected chi connectivity index (χ4v) is 3.42. The number of hydrogen-bond acceptors (Lipinski definition) is 3. The van der Waals surface area contributed by atoms with Crippen molar-refractivity contribution in [2.24, 2.45) is 0 Å². The number of fused-ring (bicyclic) bond motifs is 1. The Morgan fingerprint density at radius 1 is 0.750 bits per heavy atom. The third kappa shape index (κ3) is 4.59. The van der Waals surface area contributed by atoms with Crippen molar-refractivity contribution in [3.05, 3.63) is 108 Å². The molecule has 2 aromatic heterocycles. The Hall–Kier alpha value is -3.11. The van der Waals surface area contributed by atoms with E-state index >= 15 is 0 Å². The van der Waals surface area contributed by atoms with Crippen LogP contribution in [0, 0.1) is 5.82 Å². The number of para-hydroxylation sites is 1. The van der Waals surface area contributed by atoms with Crippen molar-refractivity contribution in [1.29, 1.82) is 0 Å². The maximum Gasteiger partial charge on any atom is 0.123 e. The van der Waals surface area contributed by atoms with Crippen LogP contribution in [0.2, 0.25) is 0 Å².